The number of aromatic nitrogens is 8. The van der Waals surface area contributed by atoms with E-state index in [9.17, 15) is 38.4 Å². The number of amides is 4. The molecule has 4 amide bonds. The summed E-state index contributed by atoms with van der Waals surface area (Å²) in [6.45, 7) is 0. The number of methoxy groups -OCH3 is 4. The maximum atomic E-state index is 10.7. The van der Waals surface area contributed by atoms with Crippen molar-refractivity contribution in [1.29, 1.82) is 0 Å². The Morgan fingerprint density at radius 2 is 0.577 bits per heavy atom. The van der Waals surface area contributed by atoms with Gasteiger partial charge in [0.1, 0.15) is 0 Å². The van der Waals surface area contributed by atoms with Crippen molar-refractivity contribution in [2.45, 2.75) is 7.43 Å². The second-order valence-corrected chi connectivity index (χ2v) is 22.2. The Morgan fingerprint density at radius 1 is 0.340 bits per heavy atom. The molecule has 0 aliphatic rings. The van der Waals surface area contributed by atoms with Gasteiger partial charge < -0.3 is 81.0 Å². The number of nitrogens with one attached hydrogen (secondary N) is 8. The minimum atomic E-state index is -0.995. The monoisotopic (exact) mass is 1520 g/mol. The molecule has 8 aromatic carbocycles. The molecule has 12 rings (SSSR count). The summed E-state index contributed by atoms with van der Waals surface area (Å²) in [6.07, 6.45) is -0.482. The van der Waals surface area contributed by atoms with Gasteiger partial charge in [0, 0.05) is 5.56 Å². The molecule has 0 spiro atoms. The summed E-state index contributed by atoms with van der Waals surface area (Å²) < 4.78 is 15.1. The Kier molecular flexibility index (Phi) is 37.4. The first-order valence-electron chi connectivity index (χ1n) is 26.6. The number of fused-ring (bicyclic) bond motifs is 4. The molecule has 0 bridgehead atoms. The van der Waals surface area contributed by atoms with Gasteiger partial charge in [-0.05, 0) is 120 Å². The third-order valence-corrected chi connectivity index (χ3v) is 15.3. The zero-order chi connectivity index (χ0) is 66.1. The summed E-state index contributed by atoms with van der Waals surface area (Å²) in [5.74, 6) is 0. The van der Waals surface area contributed by atoms with Gasteiger partial charge in [-0.2, -0.15) is 34.3 Å². The van der Waals surface area contributed by atoms with Crippen LogP contribution in [0.5, 0.6) is 0 Å². The average Bonchev–Trinajstić information content (AvgIpc) is 1.82. The van der Waals surface area contributed by atoms with Gasteiger partial charge in [0.05, 0.1) is 96.5 Å². The van der Waals surface area contributed by atoms with Gasteiger partial charge in [0.15, 0.2) is 0 Å². The molecule has 4 aromatic heterocycles. The molecule has 488 valence electrons. The Balaban J connectivity index is 0.000000496. The van der Waals surface area contributed by atoms with E-state index in [2.05, 4.69) is 198 Å². The van der Waals surface area contributed by atoms with E-state index in [4.69, 9.17) is 22.9 Å². The summed E-state index contributed by atoms with van der Waals surface area (Å²) in [6, 6.07) is 62.3. The topological polar surface area (TPSA) is 383 Å². The predicted molar refractivity (Wildman–Crippen MR) is 372 cm³/mol. The molecule has 0 fully saturated rings. The molecule has 24 nitrogen and oxygen atoms in total. The van der Waals surface area contributed by atoms with Gasteiger partial charge in [0.2, 0.25) is 24.4 Å². The smallest absolute Gasteiger partial charge is 0.632 e. The molecule has 4 unspecified atom stereocenters. The number of nitrogens with zero attached hydrogens (tertiary/aromatic N) is 4. The minimum Gasteiger partial charge on any atom is -0.632 e. The number of carbonyl (C=O) groups excluding carboxylic acids is 8. The molecule has 32 heteroatoms. The molecule has 4 atom stereocenters. The number of aromatic amines is 4. The molecule has 4 radical (unpaired) electrons. The van der Waals surface area contributed by atoms with Gasteiger partial charge >= 0.3 is 74.2 Å². The van der Waals surface area contributed by atoms with Crippen LogP contribution >= 0.6 is 34.3 Å². The zero-order valence-electron chi connectivity index (χ0n) is 50.6. The molecular formula is C65H56N12O12P4V4. The van der Waals surface area contributed by atoms with Crippen LogP contribution in [-0.4, -0.2) is 117 Å². The fraction of sp³-hybridized carbons (Fsp3) is 0.0769. The van der Waals surface area contributed by atoms with Crippen molar-refractivity contribution in [2.24, 2.45) is 0 Å². The van der Waals surface area contributed by atoms with Crippen LogP contribution < -0.4 is 22.3 Å². The molecule has 0 aliphatic carbocycles. The number of H-pyrrole nitrogens is 4. The summed E-state index contributed by atoms with van der Waals surface area (Å²) in [5, 5.41) is 4.61. The number of hydrogen-bond donors (Lipinski definition) is 4. The van der Waals surface area contributed by atoms with E-state index in [0.717, 1.165) is 139 Å². The van der Waals surface area contributed by atoms with Crippen molar-refractivity contribution < 1.29 is 132 Å². The Morgan fingerprint density at radius 3 is 0.897 bits per heavy atom. The fourth-order valence-corrected chi connectivity index (χ4v) is 10.4. The van der Waals surface area contributed by atoms with Crippen LogP contribution in [0.15, 0.2) is 170 Å². The van der Waals surface area contributed by atoms with Crippen LogP contribution in [0, 0.1) is 0 Å². The van der Waals surface area contributed by atoms with E-state index in [1.54, 1.807) is 12.4 Å². The van der Waals surface area contributed by atoms with E-state index in [-0.39, 0.29) is 116 Å². The Bertz CT molecular complexity index is 4520. The molecule has 0 saturated carbocycles. The van der Waals surface area contributed by atoms with E-state index >= 15 is 0 Å². The van der Waals surface area contributed by atoms with E-state index in [0.29, 0.717) is 22.3 Å². The summed E-state index contributed by atoms with van der Waals surface area (Å²) in [4.78, 5) is 110. The first kappa shape index (κ1) is 84.5. The van der Waals surface area contributed by atoms with Crippen LogP contribution in [0.1, 0.15) is 7.43 Å². The van der Waals surface area contributed by atoms with Crippen molar-refractivity contribution in [3.05, 3.63) is 193 Å². The first-order valence-corrected chi connectivity index (χ1v) is 30.6. The summed E-state index contributed by atoms with van der Waals surface area (Å²) in [5.41, 5.74) is 42.8. The number of hydrogen-bond acceptors (Lipinski definition) is 16. The van der Waals surface area contributed by atoms with Gasteiger partial charge in [-0.15, -0.1) is 0 Å². The Labute approximate surface area is 611 Å². The largest absolute Gasteiger partial charge is 2.00 e. The number of benzene rings is 8. The van der Waals surface area contributed by atoms with Crippen LogP contribution in [0.3, 0.4) is 0 Å². The number of ether oxygens (including phenoxy) is 4. The third kappa shape index (κ3) is 25.1. The maximum Gasteiger partial charge on any atom is 2.00 e. The molecule has 0 aliphatic heterocycles. The normalized spacial score (nSPS) is 10.2. The Hall–Kier alpha value is -8.54. The van der Waals surface area contributed by atoms with Gasteiger partial charge in [-0.25, -0.2) is 44.0 Å². The molecular weight excluding hydrogens is 1470 g/mol. The van der Waals surface area contributed by atoms with Crippen molar-refractivity contribution in [3.8, 4) is 67.0 Å². The van der Waals surface area contributed by atoms with Crippen molar-refractivity contribution in [3.63, 3.8) is 0 Å². The van der Waals surface area contributed by atoms with Crippen molar-refractivity contribution >= 4 is 149 Å². The second kappa shape index (κ2) is 42.9. The maximum absolute atomic E-state index is 10.7. The van der Waals surface area contributed by atoms with Crippen LogP contribution in [0.25, 0.3) is 134 Å². The summed E-state index contributed by atoms with van der Waals surface area (Å²) >= 11 is 0. The molecule has 97 heavy (non-hydrogen) atoms. The van der Waals surface area contributed by atoms with Crippen LogP contribution in [-0.2, 0) is 112 Å². The number of carbonyl (C=O) groups is 4. The predicted octanol–water partition coefficient (Wildman–Crippen LogP) is 14.2. The minimum absolute atomic E-state index is 0. The molecule has 0 saturated heterocycles. The first-order chi connectivity index (χ1) is 44.5. The fourth-order valence-electron chi connectivity index (χ4n) is 8.65. The quantitative estimate of drug-likeness (QED) is 0.0446. The molecule has 8 N–H and O–H groups in total. The second-order valence-electron chi connectivity index (χ2n) is 18.5. The average molecular weight is 1520 g/mol. The van der Waals surface area contributed by atoms with Crippen molar-refractivity contribution in [1.82, 2.24) is 39.9 Å². The van der Waals surface area contributed by atoms with Gasteiger partial charge in [0.25, 0.3) is 0 Å². The van der Waals surface area contributed by atoms with E-state index in [1.165, 1.54) is 0 Å². The van der Waals surface area contributed by atoms with Crippen LogP contribution in [0.4, 0.5) is 19.2 Å². The number of imidazole rings is 4. The van der Waals surface area contributed by atoms with E-state index < -0.39 is 24.4 Å². The number of rotatable bonds is 14. The van der Waals surface area contributed by atoms with Crippen LogP contribution in [0.2, 0.25) is 0 Å². The SMILES string of the molecule is C.COC([NH-])=O.COC([NH-])=O.COC([NH-])=O.COC([NH-])=O.O=[C-]Pc1ncc(-c2ccc(-c3ccc4cc(-c5ccc6nc(P[C-]=O)[nH]c6c5)ccc4c3)cc2)[nH]1.O=[C-]Pc1ncc(-c2ccc3cc(-c4ccc(-c5ccc6nc(P[C-]=O)[nH]c6c5)cc4)ccc3c2)[nH]1.[V+2].[V+2].[V+2].[V+2]. The summed E-state index contributed by atoms with van der Waals surface area (Å²) in [7, 11) is 4.30. The standard InChI is InChI=1S/2C28H18N4O2P2.4C2H5NO2.CH4.4V/c33-15-35-27-29-14-26(32-27)23-8-7-20-11-19(5-6-21(20)12-23)17-1-3-18(4-2-17)22-9-10-24-25(13-22)31-28(30-24)36-16-34;33-15-35-27-29-14-26(32-27)18-3-1-17(2-4-18)19-5-6-21-12-22(8-7-20(21)11-19)23-9-10-24-25(13-23)31-28(30-24)36-16-34;4*1-5-2(3)4;;;;;/h2*1-14,35-36H,(H,29,32)(H,30,31);4*1H3,(H2,3,4);1H4;;;;/q2*-2;;;;;;4*+2/p-4. The van der Waals surface area contributed by atoms with Gasteiger partial charge in [-0.1, -0.05) is 117 Å². The van der Waals surface area contributed by atoms with Gasteiger partial charge in [-0.3, -0.25) is 19.2 Å². The molecule has 4 heterocycles. The van der Waals surface area contributed by atoms with E-state index in [1.807, 2.05) is 42.3 Å². The third-order valence-electron chi connectivity index (χ3n) is 12.9. The van der Waals surface area contributed by atoms with Crippen molar-refractivity contribution in [2.75, 3.05) is 28.4 Å². The molecule has 12 aromatic rings. The zero-order valence-corrected chi connectivity index (χ0v) is 60.2.